The first-order valence-electron chi connectivity index (χ1n) is 4.59. The van der Waals surface area contributed by atoms with Gasteiger partial charge >= 0.3 is 0 Å². The first kappa shape index (κ1) is 9.79. The van der Waals surface area contributed by atoms with Crippen molar-refractivity contribution < 1.29 is 4.39 Å². The van der Waals surface area contributed by atoms with E-state index in [4.69, 9.17) is 5.73 Å². The van der Waals surface area contributed by atoms with Gasteiger partial charge in [-0.1, -0.05) is 12.1 Å². The molecule has 1 aromatic carbocycles. The van der Waals surface area contributed by atoms with Crippen LogP contribution < -0.4 is 5.73 Å². The molecule has 0 bridgehead atoms. The van der Waals surface area contributed by atoms with E-state index in [1.54, 1.807) is 23.1 Å². The zero-order valence-electron chi connectivity index (χ0n) is 8.05. The molecule has 2 aromatic rings. The third kappa shape index (κ3) is 2.38. The molecule has 0 aliphatic carbocycles. The summed E-state index contributed by atoms with van der Waals surface area (Å²) in [5.41, 5.74) is 6.65. The quantitative estimate of drug-likeness (QED) is 0.818. The lowest BCUT2D eigenvalue weighted by Crippen LogP contribution is -2.18. The Morgan fingerprint density at radius 3 is 3.00 bits per heavy atom. The molecule has 0 amide bonds. The second kappa shape index (κ2) is 4.18. The summed E-state index contributed by atoms with van der Waals surface area (Å²) in [5.74, 6) is -0.276. The third-order valence-corrected chi connectivity index (χ3v) is 2.13. The Morgan fingerprint density at radius 2 is 2.33 bits per heavy atom. The molecule has 0 fully saturated rings. The van der Waals surface area contributed by atoms with Gasteiger partial charge in [0.25, 0.3) is 0 Å². The fraction of sp³-hybridized carbons (Fsp3) is 0.200. The minimum Gasteiger partial charge on any atom is -0.322 e. The summed E-state index contributed by atoms with van der Waals surface area (Å²) in [4.78, 5) is 3.81. The van der Waals surface area contributed by atoms with Crippen molar-refractivity contribution in [1.82, 2.24) is 14.8 Å². The monoisotopic (exact) mass is 206 g/mol. The highest BCUT2D eigenvalue weighted by atomic mass is 19.1. The van der Waals surface area contributed by atoms with Crippen LogP contribution in [0.25, 0.3) is 0 Å². The van der Waals surface area contributed by atoms with Crippen LogP contribution in [-0.2, 0) is 6.54 Å². The van der Waals surface area contributed by atoms with Crippen molar-refractivity contribution in [3.8, 4) is 0 Å². The van der Waals surface area contributed by atoms with Gasteiger partial charge in [0.1, 0.15) is 18.5 Å². The summed E-state index contributed by atoms with van der Waals surface area (Å²) in [5, 5.41) is 3.94. The summed E-state index contributed by atoms with van der Waals surface area (Å²) in [6.07, 6.45) is 3.03. The van der Waals surface area contributed by atoms with Gasteiger partial charge < -0.3 is 5.73 Å². The Hall–Kier alpha value is -1.75. The maximum atomic E-state index is 12.9. The minimum atomic E-state index is -0.276. The van der Waals surface area contributed by atoms with Crippen molar-refractivity contribution in [3.63, 3.8) is 0 Å². The van der Waals surface area contributed by atoms with E-state index >= 15 is 0 Å². The highest BCUT2D eigenvalue weighted by Gasteiger charge is 2.07. The molecule has 15 heavy (non-hydrogen) atoms. The summed E-state index contributed by atoms with van der Waals surface area (Å²) < 4.78 is 14.5. The molecule has 0 aliphatic rings. The molecular weight excluding hydrogens is 195 g/mol. The molecular formula is C10H11FN4. The lowest BCUT2D eigenvalue weighted by molar-refractivity contribution is 0.523. The number of nitrogens with two attached hydrogens (primary N) is 1. The van der Waals surface area contributed by atoms with Crippen LogP contribution >= 0.6 is 0 Å². The molecule has 78 valence electrons. The lowest BCUT2D eigenvalue weighted by atomic mass is 10.1. The van der Waals surface area contributed by atoms with Crippen molar-refractivity contribution in [2.75, 3.05) is 0 Å². The number of hydrogen-bond acceptors (Lipinski definition) is 3. The number of aromatic nitrogens is 3. The van der Waals surface area contributed by atoms with Crippen LogP contribution in [0, 0.1) is 5.82 Å². The SMILES string of the molecule is NC(Cn1cncn1)c1cccc(F)c1. The number of rotatable bonds is 3. The Morgan fingerprint density at radius 1 is 1.47 bits per heavy atom. The predicted octanol–water partition coefficient (Wildman–Crippen LogP) is 1.12. The van der Waals surface area contributed by atoms with E-state index < -0.39 is 0 Å². The van der Waals surface area contributed by atoms with Crippen LogP contribution in [0.2, 0.25) is 0 Å². The fourth-order valence-corrected chi connectivity index (χ4v) is 1.37. The van der Waals surface area contributed by atoms with E-state index in [0.717, 1.165) is 5.56 Å². The van der Waals surface area contributed by atoms with E-state index in [-0.39, 0.29) is 11.9 Å². The Balaban J connectivity index is 2.11. The van der Waals surface area contributed by atoms with E-state index in [9.17, 15) is 4.39 Å². The van der Waals surface area contributed by atoms with Crippen molar-refractivity contribution >= 4 is 0 Å². The van der Waals surface area contributed by atoms with Gasteiger partial charge in [-0.2, -0.15) is 5.10 Å². The largest absolute Gasteiger partial charge is 0.322 e. The molecule has 2 N–H and O–H groups in total. The lowest BCUT2D eigenvalue weighted by Gasteiger charge is -2.11. The van der Waals surface area contributed by atoms with Crippen LogP contribution in [0.4, 0.5) is 4.39 Å². The van der Waals surface area contributed by atoms with Crippen LogP contribution in [-0.4, -0.2) is 14.8 Å². The summed E-state index contributed by atoms with van der Waals surface area (Å²) in [6, 6.07) is 5.99. The first-order valence-corrected chi connectivity index (χ1v) is 4.59. The van der Waals surface area contributed by atoms with E-state index in [1.807, 2.05) is 0 Å². The van der Waals surface area contributed by atoms with Gasteiger partial charge in [0, 0.05) is 6.04 Å². The molecule has 4 nitrogen and oxygen atoms in total. The van der Waals surface area contributed by atoms with Gasteiger partial charge in [0.05, 0.1) is 6.54 Å². The zero-order valence-corrected chi connectivity index (χ0v) is 8.05. The predicted molar refractivity (Wildman–Crippen MR) is 53.4 cm³/mol. The van der Waals surface area contributed by atoms with Gasteiger partial charge in [-0.25, -0.2) is 9.37 Å². The summed E-state index contributed by atoms with van der Waals surface area (Å²) >= 11 is 0. The maximum absolute atomic E-state index is 12.9. The molecule has 2 rings (SSSR count). The molecule has 0 aliphatic heterocycles. The molecule has 0 saturated heterocycles. The van der Waals surface area contributed by atoms with Gasteiger partial charge in [0.15, 0.2) is 0 Å². The molecule has 1 unspecified atom stereocenters. The van der Waals surface area contributed by atoms with Crippen molar-refractivity contribution in [2.45, 2.75) is 12.6 Å². The molecule has 5 heteroatoms. The van der Waals surface area contributed by atoms with Gasteiger partial charge in [-0.3, -0.25) is 4.68 Å². The summed E-state index contributed by atoms with van der Waals surface area (Å²) in [6.45, 7) is 0.490. The average Bonchev–Trinajstić information content (AvgIpc) is 2.70. The van der Waals surface area contributed by atoms with E-state index in [1.165, 1.54) is 18.5 Å². The Kier molecular flexibility index (Phi) is 2.73. The molecule has 1 aromatic heterocycles. The fourth-order valence-electron chi connectivity index (χ4n) is 1.37. The Bertz CT molecular complexity index is 427. The minimum absolute atomic E-state index is 0.276. The second-order valence-corrected chi connectivity index (χ2v) is 3.28. The highest BCUT2D eigenvalue weighted by molar-refractivity contribution is 5.19. The molecule has 1 heterocycles. The highest BCUT2D eigenvalue weighted by Crippen LogP contribution is 2.12. The first-order chi connectivity index (χ1) is 7.25. The van der Waals surface area contributed by atoms with Crippen LogP contribution in [0.3, 0.4) is 0 Å². The molecule has 0 saturated carbocycles. The van der Waals surface area contributed by atoms with Gasteiger partial charge in [-0.05, 0) is 17.7 Å². The van der Waals surface area contributed by atoms with Crippen LogP contribution in [0.1, 0.15) is 11.6 Å². The number of halogens is 1. The molecule has 0 spiro atoms. The smallest absolute Gasteiger partial charge is 0.137 e. The van der Waals surface area contributed by atoms with Crippen LogP contribution in [0.5, 0.6) is 0 Å². The maximum Gasteiger partial charge on any atom is 0.137 e. The van der Waals surface area contributed by atoms with Crippen molar-refractivity contribution in [1.29, 1.82) is 0 Å². The Labute approximate surface area is 86.6 Å². The van der Waals surface area contributed by atoms with Crippen molar-refractivity contribution in [3.05, 3.63) is 48.3 Å². The molecule has 1 atom stereocenters. The second-order valence-electron chi connectivity index (χ2n) is 3.28. The van der Waals surface area contributed by atoms with Gasteiger partial charge in [0.2, 0.25) is 0 Å². The van der Waals surface area contributed by atoms with Gasteiger partial charge in [-0.15, -0.1) is 0 Å². The normalized spacial score (nSPS) is 12.7. The zero-order chi connectivity index (χ0) is 10.7. The number of nitrogens with zero attached hydrogens (tertiary/aromatic N) is 3. The van der Waals surface area contributed by atoms with E-state index in [2.05, 4.69) is 10.1 Å². The number of benzene rings is 1. The summed E-state index contributed by atoms with van der Waals surface area (Å²) in [7, 11) is 0. The van der Waals surface area contributed by atoms with Crippen molar-refractivity contribution in [2.24, 2.45) is 5.73 Å². The molecule has 0 radical (unpaired) electrons. The average molecular weight is 206 g/mol. The van der Waals surface area contributed by atoms with Crippen LogP contribution in [0.15, 0.2) is 36.9 Å². The third-order valence-electron chi connectivity index (χ3n) is 2.13. The number of hydrogen-bond donors (Lipinski definition) is 1. The van der Waals surface area contributed by atoms with E-state index in [0.29, 0.717) is 6.54 Å². The standard InChI is InChI=1S/C10H11FN4/c11-9-3-1-2-8(4-9)10(12)5-15-7-13-6-14-15/h1-4,6-7,10H,5,12H2. The topological polar surface area (TPSA) is 56.7 Å².